The molecule has 2 rings (SSSR count). The Balaban J connectivity index is 1.98. The molecule has 0 amide bonds. The maximum absolute atomic E-state index is 13.0. The van der Waals surface area contributed by atoms with Crippen LogP contribution in [0.25, 0.3) is 0 Å². The van der Waals surface area contributed by atoms with Crippen molar-refractivity contribution in [1.82, 2.24) is 15.2 Å². The van der Waals surface area contributed by atoms with Crippen molar-refractivity contribution in [3.8, 4) is 0 Å². The summed E-state index contributed by atoms with van der Waals surface area (Å²) in [5.41, 5.74) is 0.522. The molecule has 19 heavy (non-hydrogen) atoms. The minimum atomic E-state index is -0.611. The van der Waals surface area contributed by atoms with Crippen LogP contribution in [0.3, 0.4) is 0 Å². The minimum absolute atomic E-state index is 0.0382. The number of anilines is 1. The molecule has 4 nitrogen and oxygen atoms in total. The van der Waals surface area contributed by atoms with Crippen LogP contribution in [0.5, 0.6) is 0 Å². The Labute approximate surface area is 117 Å². The fourth-order valence-electron chi connectivity index (χ4n) is 1.49. The predicted octanol–water partition coefficient (Wildman–Crippen LogP) is 3.11. The van der Waals surface area contributed by atoms with Crippen molar-refractivity contribution in [3.63, 3.8) is 0 Å². The van der Waals surface area contributed by atoms with Gasteiger partial charge in [-0.15, -0.1) is 10.2 Å². The highest BCUT2D eigenvalue weighted by atomic mass is 35.5. The summed E-state index contributed by atoms with van der Waals surface area (Å²) in [4.78, 5) is 3.84. The summed E-state index contributed by atoms with van der Waals surface area (Å²) in [6.45, 7) is 0.373. The van der Waals surface area contributed by atoms with Crippen LogP contribution in [0.4, 0.5) is 14.6 Å². The molecule has 0 saturated heterocycles. The Kier molecular flexibility index (Phi) is 4.44. The van der Waals surface area contributed by atoms with Crippen LogP contribution in [0.2, 0.25) is 10.4 Å². The molecule has 0 saturated carbocycles. The number of rotatable bonds is 4. The second kappa shape index (κ2) is 6.08. The lowest BCUT2D eigenvalue weighted by molar-refractivity contribution is 0.580. The van der Waals surface area contributed by atoms with Crippen molar-refractivity contribution in [1.29, 1.82) is 0 Å². The second-order valence-corrected chi connectivity index (χ2v) is 4.37. The predicted molar refractivity (Wildman–Crippen MR) is 68.4 cm³/mol. The molecule has 0 unspecified atom stereocenters. The van der Waals surface area contributed by atoms with Gasteiger partial charge in [0, 0.05) is 12.6 Å². The number of hydrogen-bond acceptors (Lipinski definition) is 4. The normalized spacial score (nSPS) is 10.5. The monoisotopic (exact) mass is 304 g/mol. The van der Waals surface area contributed by atoms with Gasteiger partial charge in [-0.25, -0.2) is 8.78 Å². The number of benzene rings is 1. The molecule has 0 fully saturated rings. The van der Waals surface area contributed by atoms with E-state index >= 15 is 0 Å². The van der Waals surface area contributed by atoms with E-state index in [2.05, 4.69) is 20.5 Å². The zero-order valence-corrected chi connectivity index (χ0v) is 11.0. The highest BCUT2D eigenvalue weighted by Crippen LogP contribution is 2.16. The molecule has 0 aliphatic carbocycles. The SMILES string of the molecule is Fc1cc(F)cc(CCNc2nc(Cl)nnc2Cl)c1. The van der Waals surface area contributed by atoms with Crippen LogP contribution >= 0.6 is 23.2 Å². The molecule has 1 aromatic carbocycles. The van der Waals surface area contributed by atoms with Gasteiger partial charge in [-0.3, -0.25) is 0 Å². The number of hydrogen-bond donors (Lipinski definition) is 1. The van der Waals surface area contributed by atoms with E-state index in [1.165, 1.54) is 12.1 Å². The molecule has 0 spiro atoms. The molecular weight excluding hydrogens is 297 g/mol. The van der Waals surface area contributed by atoms with E-state index in [1.54, 1.807) is 0 Å². The lowest BCUT2D eigenvalue weighted by Crippen LogP contribution is -2.08. The van der Waals surface area contributed by atoms with Crippen molar-refractivity contribution in [2.24, 2.45) is 0 Å². The second-order valence-electron chi connectivity index (χ2n) is 3.67. The Morgan fingerprint density at radius 3 is 2.42 bits per heavy atom. The largest absolute Gasteiger partial charge is 0.367 e. The average molecular weight is 305 g/mol. The third-order valence-electron chi connectivity index (χ3n) is 2.25. The van der Waals surface area contributed by atoms with Gasteiger partial charge in [0.15, 0.2) is 11.0 Å². The molecule has 2 aromatic rings. The maximum atomic E-state index is 13.0. The third-order valence-corrected chi connectivity index (χ3v) is 2.66. The van der Waals surface area contributed by atoms with E-state index in [0.717, 1.165) is 6.07 Å². The van der Waals surface area contributed by atoms with Crippen LogP contribution < -0.4 is 5.32 Å². The third kappa shape index (κ3) is 3.97. The van der Waals surface area contributed by atoms with Gasteiger partial charge >= 0.3 is 0 Å². The molecule has 0 aliphatic rings. The number of nitrogens with one attached hydrogen (secondary N) is 1. The summed E-state index contributed by atoms with van der Waals surface area (Å²) in [7, 11) is 0. The van der Waals surface area contributed by atoms with E-state index in [1.807, 2.05) is 0 Å². The molecule has 1 heterocycles. The topological polar surface area (TPSA) is 50.7 Å². The lowest BCUT2D eigenvalue weighted by atomic mass is 10.1. The summed E-state index contributed by atoms with van der Waals surface area (Å²) >= 11 is 11.3. The molecule has 1 N–H and O–H groups in total. The smallest absolute Gasteiger partial charge is 0.245 e. The average Bonchev–Trinajstić information content (AvgIpc) is 2.32. The molecule has 0 aliphatic heterocycles. The van der Waals surface area contributed by atoms with Crippen molar-refractivity contribution in [2.75, 3.05) is 11.9 Å². The zero-order chi connectivity index (χ0) is 13.8. The molecule has 8 heteroatoms. The number of halogens is 4. The van der Waals surface area contributed by atoms with Gasteiger partial charge in [0.2, 0.25) is 5.28 Å². The zero-order valence-electron chi connectivity index (χ0n) is 9.50. The lowest BCUT2D eigenvalue weighted by Gasteiger charge is -2.06. The number of aromatic nitrogens is 3. The maximum Gasteiger partial charge on any atom is 0.245 e. The van der Waals surface area contributed by atoms with Gasteiger partial charge < -0.3 is 5.32 Å². The Morgan fingerprint density at radius 1 is 1.05 bits per heavy atom. The quantitative estimate of drug-likeness (QED) is 0.943. The highest BCUT2D eigenvalue weighted by molar-refractivity contribution is 6.32. The first-order chi connectivity index (χ1) is 9.04. The van der Waals surface area contributed by atoms with Gasteiger partial charge in [0.05, 0.1) is 0 Å². The van der Waals surface area contributed by atoms with Gasteiger partial charge in [-0.1, -0.05) is 11.6 Å². The highest BCUT2D eigenvalue weighted by Gasteiger charge is 2.06. The minimum Gasteiger partial charge on any atom is -0.367 e. The van der Waals surface area contributed by atoms with Crippen LogP contribution in [-0.4, -0.2) is 21.7 Å². The first-order valence-corrected chi connectivity index (χ1v) is 6.05. The summed E-state index contributed by atoms with van der Waals surface area (Å²) < 4.78 is 25.9. The van der Waals surface area contributed by atoms with Crippen LogP contribution in [0.1, 0.15) is 5.56 Å². The fraction of sp³-hybridized carbons (Fsp3) is 0.182. The molecule has 0 radical (unpaired) electrons. The first-order valence-electron chi connectivity index (χ1n) is 5.29. The first kappa shape index (κ1) is 13.9. The van der Waals surface area contributed by atoms with Gasteiger partial charge in [0.25, 0.3) is 0 Å². The van der Waals surface area contributed by atoms with Crippen molar-refractivity contribution in [3.05, 3.63) is 45.8 Å². The molecule has 100 valence electrons. The molecular formula is C11H8Cl2F2N4. The van der Waals surface area contributed by atoms with Crippen LogP contribution in [-0.2, 0) is 6.42 Å². The standard InChI is InChI=1S/C11H8Cl2F2N4/c12-9-10(17-11(13)19-18-9)16-2-1-6-3-7(14)5-8(15)4-6/h3-5H,1-2H2,(H,16,17,19). The Bertz CT molecular complexity index is 575. The van der Waals surface area contributed by atoms with Crippen LogP contribution in [0.15, 0.2) is 18.2 Å². The van der Waals surface area contributed by atoms with Crippen molar-refractivity contribution in [2.45, 2.75) is 6.42 Å². The summed E-state index contributed by atoms with van der Waals surface area (Å²) in [6.07, 6.45) is 0.395. The summed E-state index contributed by atoms with van der Waals surface area (Å²) in [5.74, 6) is -0.946. The Morgan fingerprint density at radius 2 is 1.74 bits per heavy atom. The van der Waals surface area contributed by atoms with E-state index in [0.29, 0.717) is 18.5 Å². The van der Waals surface area contributed by atoms with E-state index < -0.39 is 11.6 Å². The molecule has 0 bridgehead atoms. The summed E-state index contributed by atoms with van der Waals surface area (Å²) in [6, 6.07) is 3.34. The van der Waals surface area contributed by atoms with Gasteiger partial charge in [-0.05, 0) is 35.7 Å². The Hall–Kier alpha value is -1.53. The molecule has 1 aromatic heterocycles. The van der Waals surface area contributed by atoms with Crippen molar-refractivity contribution >= 4 is 29.0 Å². The van der Waals surface area contributed by atoms with Crippen molar-refractivity contribution < 1.29 is 8.78 Å². The van der Waals surface area contributed by atoms with E-state index in [9.17, 15) is 8.78 Å². The van der Waals surface area contributed by atoms with E-state index in [4.69, 9.17) is 23.2 Å². The van der Waals surface area contributed by atoms with Gasteiger partial charge in [-0.2, -0.15) is 4.98 Å². The molecule has 0 atom stereocenters. The summed E-state index contributed by atoms with van der Waals surface area (Å²) in [5, 5.41) is 9.94. The van der Waals surface area contributed by atoms with Gasteiger partial charge in [0.1, 0.15) is 11.6 Å². The fourth-order valence-corrected chi connectivity index (χ4v) is 1.76. The van der Waals surface area contributed by atoms with Crippen LogP contribution in [0, 0.1) is 11.6 Å². The van der Waals surface area contributed by atoms with E-state index in [-0.39, 0.29) is 16.3 Å². The number of nitrogens with zero attached hydrogens (tertiary/aromatic N) is 3.